The van der Waals surface area contributed by atoms with Gasteiger partial charge in [-0.25, -0.2) is 4.98 Å². The zero-order chi connectivity index (χ0) is 20.2. The number of hydrogen-bond acceptors (Lipinski definition) is 5. The quantitative estimate of drug-likeness (QED) is 0.452. The molecule has 5 nitrogen and oxygen atoms in total. The number of hydrogen-bond donors (Lipinski definition) is 2. The van der Waals surface area contributed by atoms with Gasteiger partial charge in [0.1, 0.15) is 11.6 Å². The van der Waals surface area contributed by atoms with Gasteiger partial charge in [0.15, 0.2) is 0 Å². The molecule has 0 amide bonds. The van der Waals surface area contributed by atoms with Gasteiger partial charge in [-0.2, -0.15) is 4.98 Å². The second-order valence-electron chi connectivity index (χ2n) is 7.06. The summed E-state index contributed by atoms with van der Waals surface area (Å²) in [6.45, 7) is 4.83. The number of benzene rings is 3. The molecule has 0 atom stereocenters. The van der Waals surface area contributed by atoms with Gasteiger partial charge in [0.05, 0.1) is 12.6 Å². The molecule has 0 bridgehead atoms. The first-order valence-electron chi connectivity index (χ1n) is 9.60. The van der Waals surface area contributed by atoms with E-state index >= 15 is 0 Å². The van der Waals surface area contributed by atoms with Crippen LogP contribution < -0.4 is 15.4 Å². The van der Waals surface area contributed by atoms with Crippen molar-refractivity contribution in [3.8, 4) is 5.75 Å². The van der Waals surface area contributed by atoms with Crippen molar-refractivity contribution in [1.82, 2.24) is 9.97 Å². The molecule has 2 N–H and O–H groups in total. The Kier molecular flexibility index (Phi) is 5.29. The molecule has 0 radical (unpaired) electrons. The normalized spacial score (nSPS) is 10.7. The highest BCUT2D eigenvalue weighted by Gasteiger charge is 2.09. The lowest BCUT2D eigenvalue weighted by Crippen LogP contribution is -2.06. The minimum atomic E-state index is 0.577. The third kappa shape index (κ3) is 4.29. The topological polar surface area (TPSA) is 59.1 Å². The first kappa shape index (κ1) is 18.7. The van der Waals surface area contributed by atoms with Crippen LogP contribution >= 0.6 is 0 Å². The Morgan fingerprint density at radius 1 is 0.897 bits per heavy atom. The van der Waals surface area contributed by atoms with E-state index in [-0.39, 0.29) is 0 Å². The summed E-state index contributed by atoms with van der Waals surface area (Å²) in [6.07, 6.45) is 0. The lowest BCUT2D eigenvalue weighted by molar-refractivity contribution is 0.414. The van der Waals surface area contributed by atoms with Gasteiger partial charge in [0.2, 0.25) is 5.95 Å². The second kappa shape index (κ2) is 8.19. The summed E-state index contributed by atoms with van der Waals surface area (Å²) in [7, 11) is 1.67. The van der Waals surface area contributed by atoms with Crippen molar-refractivity contribution in [3.63, 3.8) is 0 Å². The van der Waals surface area contributed by atoms with Crippen molar-refractivity contribution < 1.29 is 4.74 Å². The molecule has 0 aliphatic heterocycles. The number of fused-ring (bicyclic) bond motifs is 1. The molecule has 29 heavy (non-hydrogen) atoms. The van der Waals surface area contributed by atoms with E-state index in [0.717, 1.165) is 39.3 Å². The standard InChI is InChI=1S/C24H24N4O/c1-16-8-13-21(17(2)14-16)26-24-27-22-7-5-4-6-20(22)23(28-24)25-15-18-9-11-19(29-3)12-10-18/h4-14H,15H2,1-3H3,(H2,25,26,27,28). The second-order valence-corrected chi connectivity index (χ2v) is 7.06. The van der Waals surface area contributed by atoms with Crippen molar-refractivity contribution in [2.45, 2.75) is 20.4 Å². The molecule has 0 aliphatic carbocycles. The summed E-state index contributed by atoms with van der Waals surface area (Å²) in [5.41, 5.74) is 5.44. The average molecular weight is 384 g/mol. The SMILES string of the molecule is COc1ccc(CNc2nc(Nc3ccc(C)cc3C)nc3ccccc23)cc1. The molecular formula is C24H24N4O. The van der Waals surface area contributed by atoms with Gasteiger partial charge in [-0.05, 0) is 55.3 Å². The van der Waals surface area contributed by atoms with E-state index in [0.29, 0.717) is 12.5 Å². The molecule has 0 fully saturated rings. The number of para-hydroxylation sites is 1. The lowest BCUT2D eigenvalue weighted by atomic mass is 10.1. The van der Waals surface area contributed by atoms with Crippen molar-refractivity contribution in [2.24, 2.45) is 0 Å². The zero-order valence-electron chi connectivity index (χ0n) is 16.9. The largest absolute Gasteiger partial charge is 0.497 e. The smallest absolute Gasteiger partial charge is 0.229 e. The van der Waals surface area contributed by atoms with Gasteiger partial charge in [0, 0.05) is 17.6 Å². The van der Waals surface area contributed by atoms with Gasteiger partial charge in [-0.1, -0.05) is 42.0 Å². The van der Waals surface area contributed by atoms with Crippen LogP contribution in [0.2, 0.25) is 0 Å². The van der Waals surface area contributed by atoms with Crippen molar-refractivity contribution in [1.29, 1.82) is 0 Å². The molecule has 0 aliphatic rings. The van der Waals surface area contributed by atoms with E-state index in [1.165, 1.54) is 5.56 Å². The fourth-order valence-electron chi connectivity index (χ4n) is 3.27. The molecule has 3 aromatic carbocycles. The highest BCUT2D eigenvalue weighted by molar-refractivity contribution is 5.90. The van der Waals surface area contributed by atoms with E-state index in [1.54, 1.807) is 7.11 Å². The first-order chi connectivity index (χ1) is 14.1. The van der Waals surface area contributed by atoms with E-state index < -0.39 is 0 Å². The molecule has 4 aromatic rings. The molecule has 1 heterocycles. The van der Waals surface area contributed by atoms with Crippen LogP contribution in [0.15, 0.2) is 66.7 Å². The number of methoxy groups -OCH3 is 1. The van der Waals surface area contributed by atoms with Crippen LogP contribution in [0.5, 0.6) is 5.75 Å². The minimum Gasteiger partial charge on any atom is -0.497 e. The molecule has 0 saturated heterocycles. The van der Waals surface area contributed by atoms with Crippen LogP contribution in [0.25, 0.3) is 10.9 Å². The van der Waals surface area contributed by atoms with Crippen LogP contribution in [0.1, 0.15) is 16.7 Å². The Balaban J connectivity index is 1.63. The van der Waals surface area contributed by atoms with Gasteiger partial charge in [-0.3, -0.25) is 0 Å². The van der Waals surface area contributed by atoms with Crippen LogP contribution in [0.3, 0.4) is 0 Å². The Bertz CT molecular complexity index is 1140. The number of aryl methyl sites for hydroxylation is 2. The Morgan fingerprint density at radius 3 is 2.45 bits per heavy atom. The number of nitrogens with one attached hydrogen (secondary N) is 2. The number of aromatic nitrogens is 2. The maximum Gasteiger partial charge on any atom is 0.229 e. The van der Waals surface area contributed by atoms with Crippen LogP contribution in [0, 0.1) is 13.8 Å². The zero-order valence-corrected chi connectivity index (χ0v) is 16.9. The van der Waals surface area contributed by atoms with Gasteiger partial charge in [0.25, 0.3) is 0 Å². The third-order valence-corrected chi connectivity index (χ3v) is 4.85. The average Bonchev–Trinajstić information content (AvgIpc) is 2.74. The fraction of sp³-hybridized carbons (Fsp3) is 0.167. The number of rotatable bonds is 6. The third-order valence-electron chi connectivity index (χ3n) is 4.85. The molecule has 5 heteroatoms. The highest BCUT2D eigenvalue weighted by Crippen LogP contribution is 2.25. The lowest BCUT2D eigenvalue weighted by Gasteiger charge is -2.13. The van der Waals surface area contributed by atoms with E-state index in [1.807, 2.05) is 48.5 Å². The summed E-state index contributed by atoms with van der Waals surface area (Å²) >= 11 is 0. The molecule has 0 saturated carbocycles. The Hall–Kier alpha value is -3.60. The maximum absolute atomic E-state index is 5.23. The molecule has 146 valence electrons. The fourth-order valence-corrected chi connectivity index (χ4v) is 3.27. The van der Waals surface area contributed by atoms with Crippen LogP contribution in [-0.2, 0) is 6.54 Å². The summed E-state index contributed by atoms with van der Waals surface area (Å²) in [5, 5.41) is 7.82. The number of anilines is 3. The van der Waals surface area contributed by atoms with E-state index in [9.17, 15) is 0 Å². The monoisotopic (exact) mass is 384 g/mol. The van der Waals surface area contributed by atoms with Crippen LogP contribution in [-0.4, -0.2) is 17.1 Å². The first-order valence-corrected chi connectivity index (χ1v) is 9.60. The Labute approximate surface area is 170 Å². The molecular weight excluding hydrogens is 360 g/mol. The number of nitrogens with zero attached hydrogens (tertiary/aromatic N) is 2. The van der Waals surface area contributed by atoms with E-state index in [4.69, 9.17) is 14.7 Å². The molecule has 0 unspecified atom stereocenters. The summed E-state index contributed by atoms with van der Waals surface area (Å²) < 4.78 is 5.23. The molecule has 4 rings (SSSR count). The van der Waals surface area contributed by atoms with Gasteiger partial charge in [-0.15, -0.1) is 0 Å². The molecule has 1 aromatic heterocycles. The summed E-state index contributed by atoms with van der Waals surface area (Å²) in [5.74, 6) is 2.23. The number of ether oxygens (including phenoxy) is 1. The predicted octanol–water partition coefficient (Wildman–Crippen LogP) is 5.61. The maximum atomic E-state index is 5.23. The Morgan fingerprint density at radius 2 is 1.69 bits per heavy atom. The van der Waals surface area contributed by atoms with Crippen molar-refractivity contribution in [2.75, 3.05) is 17.7 Å². The van der Waals surface area contributed by atoms with E-state index in [2.05, 4.69) is 42.7 Å². The predicted molar refractivity (Wildman–Crippen MR) is 119 cm³/mol. The van der Waals surface area contributed by atoms with Crippen molar-refractivity contribution in [3.05, 3.63) is 83.4 Å². The van der Waals surface area contributed by atoms with Gasteiger partial charge < -0.3 is 15.4 Å². The molecule has 0 spiro atoms. The van der Waals surface area contributed by atoms with Crippen molar-refractivity contribution >= 4 is 28.4 Å². The summed E-state index contributed by atoms with van der Waals surface area (Å²) in [6, 6.07) is 22.3. The van der Waals surface area contributed by atoms with Gasteiger partial charge >= 0.3 is 0 Å². The highest BCUT2D eigenvalue weighted by atomic mass is 16.5. The van der Waals surface area contributed by atoms with Crippen LogP contribution in [0.4, 0.5) is 17.5 Å². The minimum absolute atomic E-state index is 0.577. The summed E-state index contributed by atoms with van der Waals surface area (Å²) in [4.78, 5) is 9.44.